The number of hydrogen-bond acceptors (Lipinski definition) is 7. The second-order valence-electron chi connectivity index (χ2n) is 8.70. The fraction of sp³-hybridized carbons (Fsp3) is 0.292. The van der Waals surface area contributed by atoms with Crippen molar-refractivity contribution in [2.75, 3.05) is 25.1 Å². The van der Waals surface area contributed by atoms with Crippen LogP contribution in [0.1, 0.15) is 19.8 Å². The van der Waals surface area contributed by atoms with Crippen LogP contribution in [0.25, 0.3) is 32.9 Å². The normalized spacial score (nSPS) is 18.8. The van der Waals surface area contributed by atoms with Crippen LogP contribution in [-0.2, 0) is 0 Å². The number of halogens is 1. The van der Waals surface area contributed by atoms with E-state index in [0.717, 1.165) is 24.8 Å². The van der Waals surface area contributed by atoms with Gasteiger partial charge in [0.05, 0.1) is 29.3 Å². The number of aromatic nitrogens is 3. The zero-order valence-corrected chi connectivity index (χ0v) is 19.5. The number of ether oxygens (including phenoxy) is 1. The van der Waals surface area contributed by atoms with Crippen molar-refractivity contribution in [1.82, 2.24) is 15.0 Å². The van der Waals surface area contributed by atoms with Gasteiger partial charge in [-0.15, -0.1) is 9.24 Å². The van der Waals surface area contributed by atoms with Gasteiger partial charge in [0.15, 0.2) is 0 Å². The van der Waals surface area contributed by atoms with Crippen LogP contribution in [0.15, 0.2) is 36.5 Å². The van der Waals surface area contributed by atoms with E-state index < -0.39 is 5.60 Å². The number of benzene rings is 2. The highest BCUT2D eigenvalue weighted by Crippen LogP contribution is 2.35. The van der Waals surface area contributed by atoms with E-state index in [4.69, 9.17) is 4.74 Å². The molecule has 7 nitrogen and oxygen atoms in total. The highest BCUT2D eigenvalue weighted by atomic mass is 31.0. The van der Waals surface area contributed by atoms with Gasteiger partial charge in [-0.3, -0.25) is 4.98 Å². The molecule has 0 spiro atoms. The summed E-state index contributed by atoms with van der Waals surface area (Å²) < 4.78 is 19.4. The number of fused-ring (bicyclic) bond motifs is 2. The Hall–Kier alpha value is -3.09. The Labute approximate surface area is 192 Å². The van der Waals surface area contributed by atoms with Crippen LogP contribution in [0.2, 0.25) is 0 Å². The van der Waals surface area contributed by atoms with Gasteiger partial charge in [0.2, 0.25) is 0 Å². The number of aromatic hydroxyl groups is 1. The van der Waals surface area contributed by atoms with E-state index in [-0.39, 0.29) is 17.6 Å². The van der Waals surface area contributed by atoms with E-state index in [9.17, 15) is 14.6 Å². The molecule has 0 saturated carbocycles. The fourth-order valence-corrected chi connectivity index (χ4v) is 4.98. The molecule has 2 atom stereocenters. The third-order valence-corrected chi connectivity index (χ3v) is 6.60. The second-order valence-corrected chi connectivity index (χ2v) is 9.27. The minimum atomic E-state index is -0.815. The molecule has 0 bridgehead atoms. The predicted octanol–water partition coefficient (Wildman–Crippen LogP) is 3.55. The van der Waals surface area contributed by atoms with Crippen molar-refractivity contribution in [1.29, 1.82) is 0 Å². The van der Waals surface area contributed by atoms with Gasteiger partial charge < -0.3 is 19.8 Å². The summed E-state index contributed by atoms with van der Waals surface area (Å²) in [6.07, 6.45) is 3.24. The maximum absolute atomic E-state index is 14.1. The molecule has 9 heteroatoms. The third kappa shape index (κ3) is 3.94. The van der Waals surface area contributed by atoms with Crippen molar-refractivity contribution >= 4 is 42.0 Å². The molecule has 2 N–H and O–H groups in total. The van der Waals surface area contributed by atoms with Crippen LogP contribution in [-0.4, -0.2) is 51.0 Å². The summed E-state index contributed by atoms with van der Waals surface area (Å²) in [6.45, 7) is 3.01. The van der Waals surface area contributed by atoms with E-state index in [2.05, 4.69) is 24.2 Å². The first-order valence-electron chi connectivity index (χ1n) is 10.7. The molecule has 1 aliphatic heterocycles. The number of β-amino-alcohol motifs (C(OH)–C–C–N with tert-alkyl or cyclic N) is 1. The number of piperidine rings is 1. The maximum Gasteiger partial charge on any atom is 0.318 e. The Morgan fingerprint density at radius 2 is 2.00 bits per heavy atom. The highest BCUT2D eigenvalue weighted by Gasteiger charge is 2.31. The fourth-order valence-electron chi connectivity index (χ4n) is 4.53. The van der Waals surface area contributed by atoms with Crippen LogP contribution < -0.4 is 14.9 Å². The standard InChI is InChI=1S/C24H24FN4O3P/c1-24(31)6-3-7-29(12-24)22-18-11-26-19(21(33)20(18)27-23(28-22)32-2)17-10-15(30)8-13-4-5-14(25)9-16(13)17/h4-5,8-11,30-31H,3,6-7,12,33H2,1-2H3/t24-/m1/s1. The van der Waals surface area contributed by atoms with Crippen LogP contribution in [0.4, 0.5) is 10.2 Å². The average molecular weight is 466 g/mol. The molecule has 33 heavy (non-hydrogen) atoms. The highest BCUT2D eigenvalue weighted by molar-refractivity contribution is 7.28. The lowest BCUT2D eigenvalue weighted by Gasteiger charge is -2.37. The Bertz CT molecular complexity index is 1400. The molecular weight excluding hydrogens is 442 g/mol. The van der Waals surface area contributed by atoms with Crippen molar-refractivity contribution in [3.8, 4) is 23.0 Å². The molecule has 4 aromatic rings. The smallest absolute Gasteiger partial charge is 0.318 e. The lowest BCUT2D eigenvalue weighted by Crippen LogP contribution is -2.46. The van der Waals surface area contributed by atoms with Crippen molar-refractivity contribution < 1.29 is 19.3 Å². The molecule has 170 valence electrons. The Morgan fingerprint density at radius 3 is 2.76 bits per heavy atom. The summed E-state index contributed by atoms with van der Waals surface area (Å²) in [5, 5.41) is 23.6. The van der Waals surface area contributed by atoms with Gasteiger partial charge in [-0.05, 0) is 54.8 Å². The molecule has 0 aliphatic carbocycles. The molecule has 3 heterocycles. The summed E-state index contributed by atoms with van der Waals surface area (Å²) in [5.74, 6) is 0.335. The van der Waals surface area contributed by atoms with Crippen molar-refractivity contribution in [2.24, 2.45) is 0 Å². The largest absolute Gasteiger partial charge is 0.508 e. The molecule has 2 aromatic heterocycles. The first-order valence-corrected chi connectivity index (χ1v) is 11.2. The summed E-state index contributed by atoms with van der Waals surface area (Å²) in [5.41, 5.74) is 0.947. The summed E-state index contributed by atoms with van der Waals surface area (Å²) in [6, 6.07) is 7.79. The Morgan fingerprint density at radius 1 is 1.18 bits per heavy atom. The van der Waals surface area contributed by atoms with Crippen molar-refractivity contribution in [2.45, 2.75) is 25.4 Å². The zero-order valence-electron chi connectivity index (χ0n) is 18.3. The van der Waals surface area contributed by atoms with Gasteiger partial charge in [-0.1, -0.05) is 6.07 Å². The van der Waals surface area contributed by atoms with E-state index in [0.29, 0.717) is 45.2 Å². The van der Waals surface area contributed by atoms with Crippen molar-refractivity contribution in [3.63, 3.8) is 0 Å². The number of methoxy groups -OCH3 is 1. The SMILES string of the molecule is COc1nc(N2CCC[C@@](C)(O)C2)c2cnc(-c3cc(O)cc4ccc(F)cc34)c(P)c2n1. The minimum absolute atomic E-state index is 0.0620. The van der Waals surface area contributed by atoms with E-state index in [1.54, 1.807) is 24.4 Å². The molecule has 1 unspecified atom stereocenters. The molecule has 1 saturated heterocycles. The monoisotopic (exact) mass is 466 g/mol. The first kappa shape index (κ1) is 21.7. The molecule has 1 aliphatic rings. The summed E-state index contributed by atoms with van der Waals surface area (Å²) >= 11 is 0. The van der Waals surface area contributed by atoms with E-state index in [1.807, 2.05) is 11.8 Å². The van der Waals surface area contributed by atoms with Gasteiger partial charge in [0.1, 0.15) is 17.4 Å². The molecule has 2 aromatic carbocycles. The van der Waals surface area contributed by atoms with Crippen molar-refractivity contribution in [3.05, 3.63) is 42.3 Å². The van der Waals surface area contributed by atoms with Crippen LogP contribution in [0, 0.1) is 5.82 Å². The predicted molar refractivity (Wildman–Crippen MR) is 130 cm³/mol. The number of rotatable bonds is 3. The number of pyridine rings is 1. The quantitative estimate of drug-likeness (QED) is 0.446. The van der Waals surface area contributed by atoms with E-state index >= 15 is 0 Å². The molecule has 0 amide bonds. The van der Waals surface area contributed by atoms with Gasteiger partial charge in [-0.25, -0.2) is 4.39 Å². The Kier molecular flexibility index (Phi) is 5.30. The van der Waals surface area contributed by atoms with Gasteiger partial charge in [-0.2, -0.15) is 9.97 Å². The number of aliphatic hydroxyl groups is 1. The second kappa shape index (κ2) is 8.04. The lowest BCUT2D eigenvalue weighted by atomic mass is 9.95. The number of hydrogen-bond donors (Lipinski definition) is 2. The third-order valence-electron chi connectivity index (χ3n) is 6.05. The zero-order chi connectivity index (χ0) is 23.3. The van der Waals surface area contributed by atoms with Gasteiger partial charge >= 0.3 is 6.01 Å². The number of phenolic OH excluding ortho intramolecular Hbond substituents is 1. The van der Waals surface area contributed by atoms with Crippen LogP contribution >= 0.6 is 9.24 Å². The summed E-state index contributed by atoms with van der Waals surface area (Å²) in [7, 11) is 4.18. The Balaban J connectivity index is 1.74. The molecule has 1 fully saturated rings. The van der Waals surface area contributed by atoms with Gasteiger partial charge in [0, 0.05) is 30.2 Å². The lowest BCUT2D eigenvalue weighted by molar-refractivity contribution is 0.0447. The summed E-state index contributed by atoms with van der Waals surface area (Å²) in [4.78, 5) is 15.9. The maximum atomic E-state index is 14.1. The molecular formula is C24H24FN4O3P. The first-order chi connectivity index (χ1) is 15.8. The van der Waals surface area contributed by atoms with Crippen LogP contribution in [0.3, 0.4) is 0 Å². The average Bonchev–Trinajstić information content (AvgIpc) is 2.78. The van der Waals surface area contributed by atoms with E-state index in [1.165, 1.54) is 19.2 Å². The van der Waals surface area contributed by atoms with Crippen LogP contribution in [0.5, 0.6) is 11.8 Å². The minimum Gasteiger partial charge on any atom is -0.508 e. The molecule has 0 radical (unpaired) electrons. The van der Waals surface area contributed by atoms with Gasteiger partial charge in [0.25, 0.3) is 0 Å². The molecule has 5 rings (SSSR count). The number of nitrogens with zero attached hydrogens (tertiary/aromatic N) is 4. The number of phenols is 1. The topological polar surface area (TPSA) is 91.6 Å². The number of anilines is 1.